The van der Waals surface area contributed by atoms with Gasteiger partial charge in [0.15, 0.2) is 0 Å². The van der Waals surface area contributed by atoms with Gasteiger partial charge in [-0.2, -0.15) is 0 Å². The maximum Gasteiger partial charge on any atom is 0.266 e. The Hall–Kier alpha value is -1.76. The van der Waals surface area contributed by atoms with Gasteiger partial charge in [-0.3, -0.25) is 4.79 Å². The zero-order valence-electron chi connectivity index (χ0n) is 12.7. The van der Waals surface area contributed by atoms with Crippen LogP contribution in [-0.2, 0) is 16.4 Å². The highest BCUT2D eigenvalue weighted by Gasteiger charge is 2.23. The molecular formula is C16H14Cl2N2O3S. The van der Waals surface area contributed by atoms with Gasteiger partial charge in [0.25, 0.3) is 15.9 Å². The van der Waals surface area contributed by atoms with E-state index in [1.54, 1.807) is 12.1 Å². The van der Waals surface area contributed by atoms with Crippen molar-refractivity contribution in [3.05, 3.63) is 57.6 Å². The summed E-state index contributed by atoms with van der Waals surface area (Å²) in [6.07, 6.45) is 0.770. The minimum atomic E-state index is -3.98. The Labute approximate surface area is 150 Å². The summed E-state index contributed by atoms with van der Waals surface area (Å²) in [5.41, 5.74) is 1.99. The number of rotatable bonds is 3. The van der Waals surface area contributed by atoms with Crippen LogP contribution in [0.25, 0.3) is 0 Å². The zero-order valence-corrected chi connectivity index (χ0v) is 15.0. The van der Waals surface area contributed by atoms with Crippen molar-refractivity contribution in [1.82, 2.24) is 4.72 Å². The average molecular weight is 385 g/mol. The molecule has 0 aromatic heterocycles. The van der Waals surface area contributed by atoms with Gasteiger partial charge in [-0.25, -0.2) is 13.1 Å². The van der Waals surface area contributed by atoms with Gasteiger partial charge < -0.3 is 4.90 Å². The Kier molecular flexibility index (Phi) is 4.46. The fourth-order valence-corrected chi connectivity index (χ4v) is 4.13. The number of nitrogens with one attached hydrogen (secondary N) is 1. The zero-order chi connectivity index (χ0) is 17.5. The molecule has 0 fully saturated rings. The molecule has 0 spiro atoms. The summed E-state index contributed by atoms with van der Waals surface area (Å²) < 4.78 is 27.0. The van der Waals surface area contributed by atoms with Crippen molar-refractivity contribution in [2.75, 3.05) is 18.5 Å². The lowest BCUT2D eigenvalue weighted by Crippen LogP contribution is -2.30. The molecule has 1 aliphatic rings. The highest BCUT2D eigenvalue weighted by Crippen LogP contribution is 2.29. The van der Waals surface area contributed by atoms with E-state index in [-0.39, 0.29) is 15.5 Å². The molecule has 0 saturated heterocycles. The predicted octanol–water partition coefficient (Wildman–Crippen LogP) is 3.10. The van der Waals surface area contributed by atoms with Gasteiger partial charge in [-0.15, -0.1) is 0 Å². The number of hydrogen-bond acceptors (Lipinski definition) is 4. The normalized spacial score (nSPS) is 13.7. The number of anilines is 1. The van der Waals surface area contributed by atoms with E-state index in [0.29, 0.717) is 5.02 Å². The number of sulfonamides is 1. The molecule has 1 aliphatic heterocycles. The van der Waals surface area contributed by atoms with Crippen molar-refractivity contribution in [3.8, 4) is 0 Å². The summed E-state index contributed by atoms with van der Waals surface area (Å²) in [6.45, 7) is 0.839. The van der Waals surface area contributed by atoms with Gasteiger partial charge in [0.2, 0.25) is 0 Å². The van der Waals surface area contributed by atoms with Crippen LogP contribution in [0.4, 0.5) is 5.69 Å². The van der Waals surface area contributed by atoms with Crippen LogP contribution >= 0.6 is 23.2 Å². The first kappa shape index (κ1) is 17.1. The van der Waals surface area contributed by atoms with Crippen LogP contribution < -0.4 is 9.62 Å². The third-order valence-electron chi connectivity index (χ3n) is 3.89. The van der Waals surface area contributed by atoms with Crippen LogP contribution in [-0.4, -0.2) is 27.9 Å². The highest BCUT2D eigenvalue weighted by molar-refractivity contribution is 7.90. The Morgan fingerprint density at radius 1 is 1.17 bits per heavy atom. The summed E-state index contributed by atoms with van der Waals surface area (Å²) in [5, 5.41) is 0.452. The first-order chi connectivity index (χ1) is 11.3. The Morgan fingerprint density at radius 2 is 1.92 bits per heavy atom. The smallest absolute Gasteiger partial charge is 0.266 e. The third kappa shape index (κ3) is 3.22. The topological polar surface area (TPSA) is 66.5 Å². The molecular weight excluding hydrogens is 371 g/mol. The van der Waals surface area contributed by atoms with Crippen molar-refractivity contribution in [2.45, 2.75) is 11.3 Å². The van der Waals surface area contributed by atoms with Crippen LogP contribution in [0.5, 0.6) is 0 Å². The Balaban J connectivity index is 1.87. The lowest BCUT2D eigenvalue weighted by atomic mass is 10.2. The van der Waals surface area contributed by atoms with E-state index in [4.69, 9.17) is 23.2 Å². The first-order valence-electron chi connectivity index (χ1n) is 7.14. The van der Waals surface area contributed by atoms with Gasteiger partial charge in [-0.05, 0) is 48.4 Å². The van der Waals surface area contributed by atoms with Gasteiger partial charge in [-0.1, -0.05) is 23.2 Å². The van der Waals surface area contributed by atoms with Crippen molar-refractivity contribution < 1.29 is 13.2 Å². The molecule has 0 unspecified atom stereocenters. The molecule has 0 saturated carbocycles. The number of amides is 1. The van der Waals surface area contributed by atoms with Gasteiger partial charge in [0.1, 0.15) is 0 Å². The molecule has 1 heterocycles. The van der Waals surface area contributed by atoms with Gasteiger partial charge in [0.05, 0.1) is 15.5 Å². The van der Waals surface area contributed by atoms with Crippen LogP contribution in [0, 0.1) is 0 Å². The van der Waals surface area contributed by atoms with Gasteiger partial charge >= 0.3 is 0 Å². The molecule has 0 atom stereocenters. The molecule has 8 heteroatoms. The number of likely N-dealkylation sites (N-methyl/N-ethyl adjacent to an activating group) is 1. The summed E-state index contributed by atoms with van der Waals surface area (Å²) in [6, 6.07) is 9.07. The molecule has 5 nitrogen and oxygen atoms in total. The predicted molar refractivity (Wildman–Crippen MR) is 94.5 cm³/mol. The molecule has 0 bridgehead atoms. The van der Waals surface area contributed by atoms with E-state index in [0.717, 1.165) is 24.2 Å². The number of carbonyl (C=O) groups is 1. The lowest BCUT2D eigenvalue weighted by molar-refractivity contribution is 0.0981. The second kappa shape index (κ2) is 6.27. The SMILES string of the molecule is CN1CCc2cc(S(=O)(=O)NC(=O)c3ccc(Cl)cc3Cl)ccc21. The largest absolute Gasteiger partial charge is 0.374 e. The van der Waals surface area contributed by atoms with E-state index in [1.807, 2.05) is 11.8 Å². The van der Waals surface area contributed by atoms with Crippen molar-refractivity contribution in [2.24, 2.45) is 0 Å². The van der Waals surface area contributed by atoms with E-state index in [2.05, 4.69) is 4.90 Å². The molecule has 2 aromatic rings. The summed E-state index contributed by atoms with van der Waals surface area (Å²) in [4.78, 5) is 14.3. The van der Waals surface area contributed by atoms with E-state index >= 15 is 0 Å². The second-order valence-electron chi connectivity index (χ2n) is 5.52. The minimum Gasteiger partial charge on any atom is -0.374 e. The second-order valence-corrected chi connectivity index (χ2v) is 8.05. The fraction of sp³-hybridized carbons (Fsp3) is 0.188. The minimum absolute atomic E-state index is 0.0468. The molecule has 3 rings (SSSR count). The number of hydrogen-bond donors (Lipinski definition) is 1. The maximum absolute atomic E-state index is 12.5. The number of nitrogens with zero attached hydrogens (tertiary/aromatic N) is 1. The fourth-order valence-electron chi connectivity index (χ4n) is 2.62. The monoisotopic (exact) mass is 384 g/mol. The molecule has 126 valence electrons. The molecule has 0 radical (unpaired) electrons. The molecule has 0 aliphatic carbocycles. The molecule has 1 N–H and O–H groups in total. The van der Waals surface area contributed by atoms with Crippen LogP contribution in [0.2, 0.25) is 10.0 Å². The number of halogens is 2. The van der Waals surface area contributed by atoms with Gasteiger partial charge in [0, 0.05) is 24.3 Å². The molecule has 24 heavy (non-hydrogen) atoms. The standard InChI is InChI=1S/C16H14Cl2N2O3S/c1-20-7-6-10-8-12(3-5-15(10)20)24(22,23)19-16(21)13-4-2-11(17)9-14(13)18/h2-5,8-9H,6-7H2,1H3,(H,19,21). The maximum atomic E-state index is 12.5. The highest BCUT2D eigenvalue weighted by atomic mass is 35.5. The van der Waals surface area contributed by atoms with Crippen LogP contribution in [0.1, 0.15) is 15.9 Å². The summed E-state index contributed by atoms with van der Waals surface area (Å²) in [7, 11) is -2.03. The summed E-state index contributed by atoms with van der Waals surface area (Å²) >= 11 is 11.7. The lowest BCUT2D eigenvalue weighted by Gasteiger charge is -2.13. The van der Waals surface area contributed by atoms with E-state index < -0.39 is 15.9 Å². The number of fused-ring (bicyclic) bond motifs is 1. The number of carbonyl (C=O) groups excluding carboxylic acids is 1. The van der Waals surface area contributed by atoms with Crippen LogP contribution in [0.3, 0.4) is 0 Å². The van der Waals surface area contributed by atoms with Crippen molar-refractivity contribution in [3.63, 3.8) is 0 Å². The first-order valence-corrected chi connectivity index (χ1v) is 9.38. The van der Waals surface area contributed by atoms with E-state index in [9.17, 15) is 13.2 Å². The van der Waals surface area contributed by atoms with E-state index in [1.165, 1.54) is 24.3 Å². The summed E-state index contributed by atoms with van der Waals surface area (Å²) in [5.74, 6) is -0.797. The quantitative estimate of drug-likeness (QED) is 0.882. The molecule has 2 aromatic carbocycles. The molecule has 1 amide bonds. The average Bonchev–Trinajstić information content (AvgIpc) is 2.87. The number of benzene rings is 2. The van der Waals surface area contributed by atoms with Crippen molar-refractivity contribution >= 4 is 44.8 Å². The van der Waals surface area contributed by atoms with Crippen LogP contribution in [0.15, 0.2) is 41.3 Å². The Bertz CT molecular complexity index is 929. The van der Waals surface area contributed by atoms with Crippen molar-refractivity contribution in [1.29, 1.82) is 0 Å². The Morgan fingerprint density at radius 3 is 2.62 bits per heavy atom. The third-order valence-corrected chi connectivity index (χ3v) is 5.77.